The molecule has 0 unspecified atom stereocenters. The fourth-order valence-electron chi connectivity index (χ4n) is 1.39. The second-order valence-electron chi connectivity index (χ2n) is 3.59. The van der Waals surface area contributed by atoms with Crippen LogP contribution in [0.25, 0.3) is 0 Å². The second kappa shape index (κ2) is 5.08. The normalized spacial score (nSPS) is 10.7. The van der Waals surface area contributed by atoms with Gasteiger partial charge in [-0.05, 0) is 6.07 Å². The molecule has 0 saturated carbocycles. The van der Waals surface area contributed by atoms with E-state index in [1.54, 1.807) is 9.25 Å². The van der Waals surface area contributed by atoms with Crippen molar-refractivity contribution < 1.29 is 9.90 Å². The van der Waals surface area contributed by atoms with Crippen molar-refractivity contribution in [2.24, 2.45) is 7.05 Å². The summed E-state index contributed by atoms with van der Waals surface area (Å²) in [4.78, 5) is 10.5. The quantitative estimate of drug-likeness (QED) is 0.723. The lowest BCUT2D eigenvalue weighted by Crippen LogP contribution is -2.08. The maximum Gasteiger partial charge on any atom is 0.313 e. The van der Waals surface area contributed by atoms with Gasteiger partial charge in [0, 0.05) is 13.2 Å². The van der Waals surface area contributed by atoms with Gasteiger partial charge in [-0.3, -0.25) is 14.0 Å². The molecule has 2 aromatic rings. The topological polar surface area (TPSA) is 112 Å². The summed E-state index contributed by atoms with van der Waals surface area (Å²) in [7, 11) is 1.82. The van der Waals surface area contributed by atoms with E-state index >= 15 is 0 Å². The number of aromatic nitrogens is 5. The number of aliphatic carboxylic acids is 1. The first-order valence-corrected chi connectivity index (χ1v) is 6.06. The smallest absolute Gasteiger partial charge is 0.313 e. The molecular formula is C9H12N6O2S. The van der Waals surface area contributed by atoms with Gasteiger partial charge in [-0.25, -0.2) is 0 Å². The van der Waals surface area contributed by atoms with Gasteiger partial charge >= 0.3 is 5.97 Å². The summed E-state index contributed by atoms with van der Waals surface area (Å²) < 4.78 is 3.32. The van der Waals surface area contributed by atoms with Crippen molar-refractivity contribution in [2.45, 2.75) is 11.7 Å². The molecule has 0 fully saturated rings. The molecule has 96 valence electrons. The standard InChI is InChI=1S/C9H12N6O2S/c1-14-3-2-6(13-14)4-15-8(10)11-12-9(15)18-5-7(16)17/h2-3H,4-5H2,1H3,(H2,10,11)(H,16,17). The first-order valence-electron chi connectivity index (χ1n) is 5.08. The van der Waals surface area contributed by atoms with E-state index in [-0.39, 0.29) is 11.7 Å². The van der Waals surface area contributed by atoms with E-state index in [0.29, 0.717) is 11.7 Å². The Hall–Kier alpha value is -2.03. The number of carboxylic acids is 1. The molecule has 0 aromatic carbocycles. The monoisotopic (exact) mass is 268 g/mol. The van der Waals surface area contributed by atoms with Crippen LogP contribution in [0.15, 0.2) is 17.4 Å². The number of carboxylic acid groups (broad SMARTS) is 1. The largest absolute Gasteiger partial charge is 0.481 e. The molecule has 18 heavy (non-hydrogen) atoms. The fourth-order valence-corrected chi connectivity index (χ4v) is 2.06. The third-order valence-electron chi connectivity index (χ3n) is 2.16. The fraction of sp³-hybridized carbons (Fsp3) is 0.333. The first-order chi connectivity index (χ1) is 8.56. The Kier molecular flexibility index (Phi) is 3.51. The van der Waals surface area contributed by atoms with Gasteiger partial charge in [0.15, 0.2) is 5.16 Å². The average Bonchev–Trinajstić information content (AvgIpc) is 2.85. The summed E-state index contributed by atoms with van der Waals surface area (Å²) in [5.41, 5.74) is 6.50. The lowest BCUT2D eigenvalue weighted by molar-refractivity contribution is -0.133. The van der Waals surface area contributed by atoms with Crippen LogP contribution in [-0.2, 0) is 18.4 Å². The summed E-state index contributed by atoms with van der Waals surface area (Å²) in [6.45, 7) is 0.418. The first kappa shape index (κ1) is 12.4. The molecule has 0 spiro atoms. The van der Waals surface area contributed by atoms with E-state index in [1.807, 2.05) is 19.3 Å². The SMILES string of the molecule is Cn1ccc(Cn2c(N)nnc2SCC(=O)O)n1. The van der Waals surface area contributed by atoms with Crippen LogP contribution in [0, 0.1) is 0 Å². The molecule has 3 N–H and O–H groups in total. The lowest BCUT2D eigenvalue weighted by atomic mass is 10.4. The third-order valence-corrected chi connectivity index (χ3v) is 3.11. The van der Waals surface area contributed by atoms with Crippen molar-refractivity contribution in [3.63, 3.8) is 0 Å². The number of anilines is 1. The van der Waals surface area contributed by atoms with Crippen LogP contribution >= 0.6 is 11.8 Å². The predicted octanol–water partition coefficient (Wildman–Crippen LogP) is -0.181. The number of thioether (sulfide) groups is 1. The van der Waals surface area contributed by atoms with Crippen LogP contribution < -0.4 is 5.73 Å². The minimum Gasteiger partial charge on any atom is -0.481 e. The zero-order valence-electron chi connectivity index (χ0n) is 9.65. The number of nitrogen functional groups attached to an aromatic ring is 1. The number of carbonyl (C=O) groups is 1. The zero-order chi connectivity index (χ0) is 13.1. The van der Waals surface area contributed by atoms with Crippen molar-refractivity contribution in [1.82, 2.24) is 24.5 Å². The van der Waals surface area contributed by atoms with E-state index in [9.17, 15) is 4.79 Å². The van der Waals surface area contributed by atoms with Gasteiger partial charge in [0.05, 0.1) is 18.0 Å². The van der Waals surface area contributed by atoms with Crippen molar-refractivity contribution in [1.29, 1.82) is 0 Å². The van der Waals surface area contributed by atoms with Crippen LogP contribution in [-0.4, -0.2) is 41.4 Å². The number of nitrogens with zero attached hydrogens (tertiary/aromatic N) is 5. The van der Waals surface area contributed by atoms with Crippen molar-refractivity contribution in [3.05, 3.63) is 18.0 Å². The highest BCUT2D eigenvalue weighted by Crippen LogP contribution is 2.18. The third kappa shape index (κ3) is 2.80. The molecule has 0 aliphatic rings. The molecule has 0 bridgehead atoms. The summed E-state index contributed by atoms with van der Waals surface area (Å²) in [6, 6.07) is 1.85. The molecule has 0 saturated heterocycles. The van der Waals surface area contributed by atoms with Gasteiger partial charge in [-0.15, -0.1) is 10.2 Å². The van der Waals surface area contributed by atoms with Crippen molar-refractivity contribution >= 4 is 23.7 Å². The number of aryl methyl sites for hydroxylation is 1. The molecule has 2 heterocycles. The van der Waals surface area contributed by atoms with Gasteiger partial charge in [0.25, 0.3) is 0 Å². The summed E-state index contributed by atoms with van der Waals surface area (Å²) >= 11 is 1.08. The minimum atomic E-state index is -0.911. The molecule has 0 amide bonds. The maximum absolute atomic E-state index is 10.5. The van der Waals surface area contributed by atoms with E-state index in [4.69, 9.17) is 10.8 Å². The summed E-state index contributed by atoms with van der Waals surface area (Å²) in [6.07, 6.45) is 1.82. The van der Waals surface area contributed by atoms with Crippen molar-refractivity contribution in [3.8, 4) is 0 Å². The maximum atomic E-state index is 10.5. The van der Waals surface area contributed by atoms with Crippen LogP contribution in [0.1, 0.15) is 5.69 Å². The molecule has 9 heteroatoms. The molecule has 0 atom stereocenters. The lowest BCUT2D eigenvalue weighted by Gasteiger charge is -2.04. The minimum absolute atomic E-state index is 0.0830. The number of nitrogens with two attached hydrogens (primary N) is 1. The van der Waals surface area contributed by atoms with Crippen molar-refractivity contribution in [2.75, 3.05) is 11.5 Å². The van der Waals surface area contributed by atoms with E-state index in [0.717, 1.165) is 17.5 Å². The molecule has 0 aliphatic carbocycles. The number of rotatable bonds is 5. The highest BCUT2D eigenvalue weighted by Gasteiger charge is 2.13. The summed E-state index contributed by atoms with van der Waals surface area (Å²) in [5.74, 6) is -0.750. The van der Waals surface area contributed by atoms with E-state index in [1.165, 1.54) is 0 Å². The Bertz CT molecular complexity index is 563. The van der Waals surface area contributed by atoms with Crippen LogP contribution in [0.3, 0.4) is 0 Å². The van der Waals surface area contributed by atoms with Gasteiger partial charge in [0.1, 0.15) is 0 Å². The van der Waals surface area contributed by atoms with Gasteiger partial charge < -0.3 is 10.8 Å². The molecule has 0 aliphatic heterocycles. The zero-order valence-corrected chi connectivity index (χ0v) is 10.5. The van der Waals surface area contributed by atoms with Crippen LogP contribution in [0.5, 0.6) is 0 Å². The molecular weight excluding hydrogens is 256 g/mol. The molecule has 2 rings (SSSR count). The Balaban J connectivity index is 2.16. The average molecular weight is 268 g/mol. The van der Waals surface area contributed by atoms with Gasteiger partial charge in [-0.2, -0.15) is 5.10 Å². The summed E-state index contributed by atoms with van der Waals surface area (Å²) in [5, 5.41) is 20.9. The molecule has 2 aromatic heterocycles. The van der Waals surface area contributed by atoms with Crippen LogP contribution in [0.2, 0.25) is 0 Å². The number of hydrogen-bond donors (Lipinski definition) is 2. The highest BCUT2D eigenvalue weighted by atomic mass is 32.2. The molecule has 8 nitrogen and oxygen atoms in total. The molecule has 0 radical (unpaired) electrons. The Labute approximate surface area is 107 Å². The Morgan fingerprint density at radius 3 is 2.94 bits per heavy atom. The second-order valence-corrected chi connectivity index (χ2v) is 4.53. The van der Waals surface area contributed by atoms with Gasteiger partial charge in [0.2, 0.25) is 5.95 Å². The Morgan fingerprint density at radius 2 is 2.33 bits per heavy atom. The van der Waals surface area contributed by atoms with Gasteiger partial charge in [-0.1, -0.05) is 11.8 Å². The highest BCUT2D eigenvalue weighted by molar-refractivity contribution is 7.99. The predicted molar refractivity (Wildman–Crippen MR) is 65.1 cm³/mol. The van der Waals surface area contributed by atoms with Crippen LogP contribution in [0.4, 0.5) is 5.95 Å². The number of hydrogen-bond acceptors (Lipinski definition) is 6. The van der Waals surface area contributed by atoms with E-state index < -0.39 is 5.97 Å². The Morgan fingerprint density at radius 1 is 1.56 bits per heavy atom. The van der Waals surface area contributed by atoms with E-state index in [2.05, 4.69) is 15.3 Å².